The van der Waals surface area contributed by atoms with Crippen LogP contribution in [0.25, 0.3) is 10.8 Å². The predicted octanol–water partition coefficient (Wildman–Crippen LogP) is 5.14. The van der Waals surface area contributed by atoms with Crippen molar-refractivity contribution in [3.63, 3.8) is 0 Å². The molecule has 21 heavy (non-hydrogen) atoms. The summed E-state index contributed by atoms with van der Waals surface area (Å²) in [5, 5.41) is 2.23. The zero-order valence-electron chi connectivity index (χ0n) is 11.7. The quantitative estimate of drug-likeness (QED) is 0.616. The lowest BCUT2D eigenvalue weighted by Crippen LogP contribution is -1.98. The minimum atomic E-state index is 0.566. The molecular formula is C17H15BrN2O. The van der Waals surface area contributed by atoms with Crippen LogP contribution in [0.3, 0.4) is 0 Å². The highest BCUT2D eigenvalue weighted by Gasteiger charge is 2.07. The van der Waals surface area contributed by atoms with Gasteiger partial charge in [-0.15, -0.1) is 0 Å². The van der Waals surface area contributed by atoms with Crippen LogP contribution in [0.1, 0.15) is 19.2 Å². The van der Waals surface area contributed by atoms with Crippen molar-refractivity contribution in [1.29, 1.82) is 0 Å². The fourth-order valence-electron chi connectivity index (χ4n) is 2.23. The van der Waals surface area contributed by atoms with Crippen LogP contribution < -0.4 is 4.74 Å². The highest BCUT2D eigenvalue weighted by atomic mass is 79.9. The fraction of sp³-hybridized carbons (Fsp3) is 0.176. The molecule has 4 heteroatoms. The normalized spacial score (nSPS) is 10.8. The number of aryl methyl sites for hydroxylation is 1. The molecule has 0 unspecified atom stereocenters. The largest absolute Gasteiger partial charge is 0.438 e. The molecule has 3 aromatic rings. The Kier molecular flexibility index (Phi) is 4.15. The summed E-state index contributed by atoms with van der Waals surface area (Å²) in [5.74, 6) is 2.17. The Morgan fingerprint density at radius 2 is 1.86 bits per heavy atom. The van der Waals surface area contributed by atoms with Crippen molar-refractivity contribution in [2.24, 2.45) is 0 Å². The highest BCUT2D eigenvalue weighted by molar-refractivity contribution is 9.10. The minimum Gasteiger partial charge on any atom is -0.438 e. The van der Waals surface area contributed by atoms with Crippen LogP contribution in [0.4, 0.5) is 0 Å². The van der Waals surface area contributed by atoms with Crippen LogP contribution in [0.2, 0.25) is 0 Å². The zero-order valence-corrected chi connectivity index (χ0v) is 13.3. The summed E-state index contributed by atoms with van der Waals surface area (Å²) in [6, 6.07) is 16.0. The third-order valence-electron chi connectivity index (χ3n) is 3.16. The van der Waals surface area contributed by atoms with E-state index in [1.54, 1.807) is 6.07 Å². The molecule has 0 aliphatic carbocycles. The fourth-order valence-corrected chi connectivity index (χ4v) is 2.63. The van der Waals surface area contributed by atoms with Gasteiger partial charge in [0.15, 0.2) is 0 Å². The average molecular weight is 343 g/mol. The van der Waals surface area contributed by atoms with E-state index in [-0.39, 0.29) is 0 Å². The van der Waals surface area contributed by atoms with Gasteiger partial charge in [-0.25, -0.2) is 4.98 Å². The van der Waals surface area contributed by atoms with Crippen LogP contribution in [-0.4, -0.2) is 9.97 Å². The first-order valence-electron chi connectivity index (χ1n) is 6.95. The second kappa shape index (κ2) is 6.22. The molecule has 1 heterocycles. The SMILES string of the molecule is CCCc1nc(Br)cc(Oc2cccc3ccccc23)n1. The molecule has 0 spiro atoms. The summed E-state index contributed by atoms with van der Waals surface area (Å²) in [7, 11) is 0. The number of aromatic nitrogens is 2. The molecule has 0 saturated carbocycles. The van der Waals surface area contributed by atoms with E-state index in [0.29, 0.717) is 5.88 Å². The Hall–Kier alpha value is -1.94. The number of halogens is 1. The third-order valence-corrected chi connectivity index (χ3v) is 3.56. The lowest BCUT2D eigenvalue weighted by molar-refractivity contribution is 0.462. The van der Waals surface area contributed by atoms with Gasteiger partial charge >= 0.3 is 0 Å². The third kappa shape index (κ3) is 3.22. The van der Waals surface area contributed by atoms with Crippen molar-refractivity contribution >= 4 is 26.7 Å². The Balaban J connectivity index is 1.98. The van der Waals surface area contributed by atoms with E-state index in [4.69, 9.17) is 4.74 Å². The number of hydrogen-bond donors (Lipinski definition) is 0. The highest BCUT2D eigenvalue weighted by Crippen LogP contribution is 2.29. The molecule has 0 atom stereocenters. The Bertz CT molecular complexity index is 768. The lowest BCUT2D eigenvalue weighted by atomic mass is 10.1. The van der Waals surface area contributed by atoms with Crippen LogP contribution in [0.15, 0.2) is 53.1 Å². The van der Waals surface area contributed by atoms with Gasteiger partial charge in [0.1, 0.15) is 16.2 Å². The molecule has 106 valence electrons. The Morgan fingerprint density at radius 1 is 1.05 bits per heavy atom. The number of nitrogens with zero attached hydrogens (tertiary/aromatic N) is 2. The van der Waals surface area contributed by atoms with Crippen molar-refractivity contribution in [1.82, 2.24) is 9.97 Å². The summed E-state index contributed by atoms with van der Waals surface area (Å²) in [6.45, 7) is 2.11. The van der Waals surface area contributed by atoms with E-state index in [1.165, 1.54) is 0 Å². The molecule has 0 amide bonds. The molecule has 0 radical (unpaired) electrons. The number of fused-ring (bicyclic) bond motifs is 1. The molecule has 0 fully saturated rings. The molecule has 1 aromatic heterocycles. The summed E-state index contributed by atoms with van der Waals surface area (Å²) >= 11 is 3.41. The maximum atomic E-state index is 5.98. The second-order valence-corrected chi connectivity index (χ2v) is 5.59. The number of hydrogen-bond acceptors (Lipinski definition) is 3. The van der Waals surface area contributed by atoms with Crippen LogP contribution in [0, 0.1) is 0 Å². The first-order chi connectivity index (χ1) is 10.3. The summed E-state index contributed by atoms with van der Waals surface area (Å²) in [6.07, 6.45) is 1.84. The van der Waals surface area contributed by atoms with E-state index in [9.17, 15) is 0 Å². The first-order valence-corrected chi connectivity index (χ1v) is 7.74. The summed E-state index contributed by atoms with van der Waals surface area (Å²) in [5.41, 5.74) is 0. The van der Waals surface area contributed by atoms with Crippen molar-refractivity contribution in [3.8, 4) is 11.6 Å². The van der Waals surface area contributed by atoms with Gasteiger partial charge in [-0.05, 0) is 33.8 Å². The smallest absolute Gasteiger partial charge is 0.223 e. The van der Waals surface area contributed by atoms with E-state index in [2.05, 4.69) is 45.0 Å². The number of ether oxygens (including phenoxy) is 1. The maximum Gasteiger partial charge on any atom is 0.223 e. The predicted molar refractivity (Wildman–Crippen MR) is 87.7 cm³/mol. The number of rotatable bonds is 4. The molecule has 0 saturated heterocycles. The first kappa shape index (κ1) is 14.0. The van der Waals surface area contributed by atoms with Crippen LogP contribution in [-0.2, 0) is 6.42 Å². The average Bonchev–Trinajstić information content (AvgIpc) is 2.47. The molecule has 0 N–H and O–H groups in total. The lowest BCUT2D eigenvalue weighted by Gasteiger charge is -2.09. The minimum absolute atomic E-state index is 0.566. The van der Waals surface area contributed by atoms with Crippen molar-refractivity contribution < 1.29 is 4.74 Å². The molecular weight excluding hydrogens is 328 g/mol. The van der Waals surface area contributed by atoms with E-state index >= 15 is 0 Å². The molecule has 2 aromatic carbocycles. The number of benzene rings is 2. The molecule has 0 bridgehead atoms. The molecule has 3 rings (SSSR count). The van der Waals surface area contributed by atoms with Crippen LogP contribution in [0.5, 0.6) is 11.6 Å². The van der Waals surface area contributed by atoms with Gasteiger partial charge in [0.25, 0.3) is 0 Å². The van der Waals surface area contributed by atoms with E-state index in [0.717, 1.165) is 39.8 Å². The topological polar surface area (TPSA) is 35.0 Å². The summed E-state index contributed by atoms with van der Waals surface area (Å²) in [4.78, 5) is 8.82. The molecule has 0 aliphatic rings. The van der Waals surface area contributed by atoms with Gasteiger partial charge in [0.05, 0.1) is 0 Å². The Labute approximate surface area is 132 Å². The van der Waals surface area contributed by atoms with Gasteiger partial charge in [-0.2, -0.15) is 4.98 Å². The summed E-state index contributed by atoms with van der Waals surface area (Å²) < 4.78 is 6.72. The van der Waals surface area contributed by atoms with Crippen molar-refractivity contribution in [2.75, 3.05) is 0 Å². The van der Waals surface area contributed by atoms with Gasteiger partial charge in [-0.1, -0.05) is 43.3 Å². The van der Waals surface area contributed by atoms with Gasteiger partial charge in [0.2, 0.25) is 5.88 Å². The second-order valence-electron chi connectivity index (χ2n) is 4.77. The van der Waals surface area contributed by atoms with Gasteiger partial charge in [-0.3, -0.25) is 0 Å². The van der Waals surface area contributed by atoms with E-state index < -0.39 is 0 Å². The molecule has 3 nitrogen and oxygen atoms in total. The Morgan fingerprint density at radius 3 is 2.71 bits per heavy atom. The van der Waals surface area contributed by atoms with E-state index in [1.807, 2.05) is 30.3 Å². The molecule has 0 aliphatic heterocycles. The van der Waals surface area contributed by atoms with Crippen LogP contribution >= 0.6 is 15.9 Å². The van der Waals surface area contributed by atoms with Crippen molar-refractivity contribution in [2.45, 2.75) is 19.8 Å². The monoisotopic (exact) mass is 342 g/mol. The standard InChI is InChI=1S/C17H15BrN2O/c1-2-6-16-19-15(18)11-17(20-16)21-14-10-5-8-12-7-3-4-9-13(12)14/h3-5,7-11H,2,6H2,1H3. The maximum absolute atomic E-state index is 5.98. The van der Waals surface area contributed by atoms with Crippen molar-refractivity contribution in [3.05, 3.63) is 59.0 Å². The zero-order chi connectivity index (χ0) is 14.7. The van der Waals surface area contributed by atoms with Gasteiger partial charge in [0, 0.05) is 17.9 Å². The van der Waals surface area contributed by atoms with Gasteiger partial charge < -0.3 is 4.74 Å².